The van der Waals surface area contributed by atoms with Gasteiger partial charge in [0.05, 0.1) is 11.7 Å². The van der Waals surface area contributed by atoms with Crippen LogP contribution in [0.3, 0.4) is 0 Å². The summed E-state index contributed by atoms with van der Waals surface area (Å²) in [6.07, 6.45) is 2.44. The van der Waals surface area contributed by atoms with Crippen LogP contribution in [0.4, 0.5) is 4.79 Å². The number of aliphatic hydroxyl groups is 1. The normalized spacial score (nSPS) is 25.2. The van der Waals surface area contributed by atoms with Crippen LogP contribution in [-0.2, 0) is 17.7 Å². The summed E-state index contributed by atoms with van der Waals surface area (Å²) >= 11 is 1.44. The molecule has 1 aromatic rings. The van der Waals surface area contributed by atoms with Crippen molar-refractivity contribution in [3.8, 4) is 0 Å². The zero-order valence-electron chi connectivity index (χ0n) is 17.7. The van der Waals surface area contributed by atoms with Crippen molar-refractivity contribution in [2.24, 2.45) is 5.92 Å². The quantitative estimate of drug-likeness (QED) is 0.682. The second-order valence-corrected chi connectivity index (χ2v) is 10.2. The Labute approximate surface area is 176 Å². The SMILES string of the molecule is CN1CCc2nc(C(=O)N[C@H]3C[C@H](CO)CC[C@@H]3NC(=O)OC(C)(C)C)sc2C1. The number of fused-ring (bicyclic) bond motifs is 1. The molecule has 2 heterocycles. The van der Waals surface area contributed by atoms with Crippen LogP contribution in [0, 0.1) is 5.92 Å². The second-order valence-electron chi connectivity index (χ2n) is 9.07. The molecule has 2 aliphatic rings. The number of thiazole rings is 1. The fourth-order valence-corrected chi connectivity index (χ4v) is 4.96. The number of hydrogen-bond donors (Lipinski definition) is 3. The number of nitrogens with one attached hydrogen (secondary N) is 2. The lowest BCUT2D eigenvalue weighted by atomic mass is 9.82. The van der Waals surface area contributed by atoms with E-state index in [0.29, 0.717) is 17.8 Å². The van der Waals surface area contributed by atoms with E-state index in [9.17, 15) is 14.7 Å². The Morgan fingerprint density at radius 2 is 2.03 bits per heavy atom. The van der Waals surface area contributed by atoms with Crippen LogP contribution < -0.4 is 10.6 Å². The van der Waals surface area contributed by atoms with Gasteiger partial charge in [0.1, 0.15) is 5.60 Å². The van der Waals surface area contributed by atoms with E-state index >= 15 is 0 Å². The molecule has 0 unspecified atom stereocenters. The molecular weight excluding hydrogens is 392 g/mol. The highest BCUT2D eigenvalue weighted by atomic mass is 32.1. The number of carbonyl (C=O) groups excluding carboxylic acids is 2. The van der Waals surface area contributed by atoms with Gasteiger partial charge in [-0.25, -0.2) is 9.78 Å². The van der Waals surface area contributed by atoms with E-state index in [-0.39, 0.29) is 30.5 Å². The highest BCUT2D eigenvalue weighted by molar-refractivity contribution is 7.13. The largest absolute Gasteiger partial charge is 0.444 e. The van der Waals surface area contributed by atoms with Crippen LogP contribution in [0.5, 0.6) is 0 Å². The Balaban J connectivity index is 1.67. The molecule has 0 aromatic carbocycles. The molecule has 3 N–H and O–H groups in total. The molecule has 0 radical (unpaired) electrons. The molecule has 3 rings (SSSR count). The monoisotopic (exact) mass is 424 g/mol. The van der Waals surface area contributed by atoms with Crippen LogP contribution in [0.25, 0.3) is 0 Å². The number of likely N-dealkylation sites (N-methyl/N-ethyl adjacent to an activating group) is 1. The molecule has 1 aromatic heterocycles. The van der Waals surface area contributed by atoms with Gasteiger partial charge in [0.2, 0.25) is 0 Å². The summed E-state index contributed by atoms with van der Waals surface area (Å²) in [7, 11) is 2.06. The Kier molecular flexibility index (Phi) is 6.80. The van der Waals surface area contributed by atoms with Crippen LogP contribution in [0.1, 0.15) is 60.4 Å². The minimum atomic E-state index is -0.585. The van der Waals surface area contributed by atoms with Crippen molar-refractivity contribution in [2.75, 3.05) is 20.2 Å². The second kappa shape index (κ2) is 8.97. The third kappa shape index (κ3) is 5.90. The van der Waals surface area contributed by atoms with Crippen molar-refractivity contribution in [1.82, 2.24) is 20.5 Å². The van der Waals surface area contributed by atoms with Crippen molar-refractivity contribution < 1.29 is 19.4 Å². The van der Waals surface area contributed by atoms with E-state index in [0.717, 1.165) is 36.5 Å². The molecule has 0 spiro atoms. The minimum Gasteiger partial charge on any atom is -0.444 e. The molecule has 9 heteroatoms. The number of rotatable bonds is 4. The maximum Gasteiger partial charge on any atom is 0.407 e. The van der Waals surface area contributed by atoms with E-state index in [1.54, 1.807) is 0 Å². The number of alkyl carbamates (subject to hydrolysis) is 1. The molecule has 1 fully saturated rings. The Bertz CT molecular complexity index is 745. The molecule has 8 nitrogen and oxygen atoms in total. The van der Waals surface area contributed by atoms with Crippen molar-refractivity contribution in [2.45, 2.75) is 70.7 Å². The summed E-state index contributed by atoms with van der Waals surface area (Å²) < 4.78 is 5.37. The number of nitrogens with zero attached hydrogens (tertiary/aromatic N) is 2. The number of carbonyl (C=O) groups is 2. The molecule has 1 aliphatic carbocycles. The number of hydrogen-bond acceptors (Lipinski definition) is 7. The first kappa shape index (κ1) is 22.0. The fourth-order valence-electron chi connectivity index (χ4n) is 3.87. The van der Waals surface area contributed by atoms with Gasteiger partial charge < -0.3 is 25.4 Å². The lowest BCUT2D eigenvalue weighted by molar-refractivity contribution is 0.0454. The van der Waals surface area contributed by atoms with Crippen molar-refractivity contribution >= 4 is 23.3 Å². The molecule has 3 atom stereocenters. The fraction of sp³-hybridized carbons (Fsp3) is 0.750. The number of ether oxygens (including phenoxy) is 1. The predicted octanol–water partition coefficient (Wildman–Crippen LogP) is 1.92. The molecule has 1 saturated carbocycles. The third-order valence-electron chi connectivity index (χ3n) is 5.35. The number of amides is 2. The van der Waals surface area contributed by atoms with Gasteiger partial charge in [0.15, 0.2) is 5.01 Å². The van der Waals surface area contributed by atoms with Crippen LogP contribution in [0.2, 0.25) is 0 Å². The lowest BCUT2D eigenvalue weighted by Crippen LogP contribution is -2.55. The molecule has 0 bridgehead atoms. The topological polar surface area (TPSA) is 104 Å². The summed E-state index contributed by atoms with van der Waals surface area (Å²) in [4.78, 5) is 33.0. The van der Waals surface area contributed by atoms with Gasteiger partial charge in [-0.05, 0) is 53.0 Å². The molecular formula is C20H32N4O4S. The van der Waals surface area contributed by atoms with Gasteiger partial charge >= 0.3 is 6.09 Å². The summed E-state index contributed by atoms with van der Waals surface area (Å²) in [5, 5.41) is 16.0. The van der Waals surface area contributed by atoms with E-state index in [1.165, 1.54) is 11.3 Å². The van der Waals surface area contributed by atoms with Gasteiger partial charge in [0.25, 0.3) is 5.91 Å². The summed E-state index contributed by atoms with van der Waals surface area (Å²) in [5.74, 6) is -0.109. The smallest absolute Gasteiger partial charge is 0.407 e. The number of aromatic nitrogens is 1. The summed E-state index contributed by atoms with van der Waals surface area (Å²) in [6, 6.07) is -0.512. The van der Waals surface area contributed by atoms with Crippen LogP contribution in [-0.4, -0.2) is 64.9 Å². The van der Waals surface area contributed by atoms with Gasteiger partial charge in [-0.1, -0.05) is 0 Å². The molecule has 2 amide bonds. The van der Waals surface area contributed by atoms with Crippen LogP contribution >= 0.6 is 11.3 Å². The maximum atomic E-state index is 12.9. The van der Waals surface area contributed by atoms with E-state index < -0.39 is 11.7 Å². The highest BCUT2D eigenvalue weighted by Crippen LogP contribution is 2.27. The maximum absolute atomic E-state index is 12.9. The first-order chi connectivity index (χ1) is 13.6. The summed E-state index contributed by atoms with van der Waals surface area (Å²) in [5.41, 5.74) is 0.427. The Morgan fingerprint density at radius 3 is 2.72 bits per heavy atom. The summed E-state index contributed by atoms with van der Waals surface area (Å²) in [6.45, 7) is 7.28. The highest BCUT2D eigenvalue weighted by Gasteiger charge is 2.34. The van der Waals surface area contributed by atoms with Gasteiger partial charge in [-0.15, -0.1) is 11.3 Å². The van der Waals surface area contributed by atoms with Crippen molar-refractivity contribution in [1.29, 1.82) is 0 Å². The first-order valence-electron chi connectivity index (χ1n) is 10.2. The lowest BCUT2D eigenvalue weighted by Gasteiger charge is -2.36. The number of aliphatic hydroxyl groups excluding tert-OH is 1. The average Bonchev–Trinajstić information content (AvgIpc) is 3.04. The van der Waals surface area contributed by atoms with Crippen molar-refractivity contribution in [3.05, 3.63) is 15.6 Å². The molecule has 1 aliphatic heterocycles. The van der Waals surface area contributed by atoms with Gasteiger partial charge in [0, 0.05) is 37.0 Å². The van der Waals surface area contributed by atoms with E-state index in [1.807, 2.05) is 20.8 Å². The van der Waals surface area contributed by atoms with Crippen LogP contribution in [0.15, 0.2) is 0 Å². The van der Waals surface area contributed by atoms with Crippen molar-refractivity contribution in [3.63, 3.8) is 0 Å². The Morgan fingerprint density at radius 1 is 1.28 bits per heavy atom. The predicted molar refractivity (Wildman–Crippen MR) is 111 cm³/mol. The van der Waals surface area contributed by atoms with Gasteiger partial charge in [-0.3, -0.25) is 4.79 Å². The molecule has 162 valence electrons. The zero-order chi connectivity index (χ0) is 21.2. The first-order valence-corrected chi connectivity index (χ1v) is 11.0. The van der Waals surface area contributed by atoms with E-state index in [2.05, 4.69) is 27.6 Å². The molecule has 29 heavy (non-hydrogen) atoms. The minimum absolute atomic E-state index is 0.0728. The third-order valence-corrected chi connectivity index (χ3v) is 6.43. The zero-order valence-corrected chi connectivity index (χ0v) is 18.5. The average molecular weight is 425 g/mol. The van der Waals surface area contributed by atoms with E-state index in [4.69, 9.17) is 4.74 Å². The van der Waals surface area contributed by atoms with Gasteiger partial charge in [-0.2, -0.15) is 0 Å². The standard InChI is InChI=1S/C20H32N4O4S/c1-20(2,3)28-19(27)23-13-6-5-12(11-25)9-15(13)21-17(26)18-22-14-7-8-24(4)10-16(14)29-18/h12-13,15,25H,5-11H2,1-4H3,(H,21,26)(H,23,27)/t12-,13+,15+/m1/s1. The Hall–Kier alpha value is -1.71. The molecule has 0 saturated heterocycles.